The van der Waals surface area contributed by atoms with Gasteiger partial charge in [-0.15, -0.1) is 11.3 Å². The molecule has 110 valence electrons. The summed E-state index contributed by atoms with van der Waals surface area (Å²) in [5.74, 6) is -2.44. The number of nitrogens with two attached hydrogens (primary N) is 1. The van der Waals surface area contributed by atoms with Gasteiger partial charge in [-0.2, -0.15) is 0 Å². The minimum absolute atomic E-state index is 0.00925. The predicted octanol–water partition coefficient (Wildman–Crippen LogP) is 3.59. The number of halogens is 2. The zero-order valence-electron chi connectivity index (χ0n) is 11.2. The van der Waals surface area contributed by atoms with Crippen molar-refractivity contribution >= 4 is 22.9 Å². The second-order valence-electron chi connectivity index (χ2n) is 5.03. The Kier molecular flexibility index (Phi) is 3.63. The van der Waals surface area contributed by atoms with Gasteiger partial charge >= 0.3 is 0 Å². The Morgan fingerprint density at radius 2 is 2.10 bits per heavy atom. The van der Waals surface area contributed by atoms with Crippen LogP contribution in [0, 0.1) is 11.6 Å². The van der Waals surface area contributed by atoms with Crippen molar-refractivity contribution in [1.82, 2.24) is 4.90 Å². The van der Waals surface area contributed by atoms with Crippen molar-refractivity contribution in [2.45, 2.75) is 18.9 Å². The number of likely N-dealkylation sites (tertiary alicyclic amines) is 1. The maximum absolute atomic E-state index is 13.4. The predicted molar refractivity (Wildman–Crippen MR) is 78.1 cm³/mol. The molecule has 1 aromatic carbocycles. The van der Waals surface area contributed by atoms with Gasteiger partial charge in [0.1, 0.15) is 0 Å². The van der Waals surface area contributed by atoms with E-state index in [2.05, 4.69) is 0 Å². The molecule has 1 fully saturated rings. The molecule has 2 heterocycles. The maximum Gasteiger partial charge on any atom is 0.256 e. The molecule has 1 saturated heterocycles. The topological polar surface area (TPSA) is 46.3 Å². The smallest absolute Gasteiger partial charge is 0.256 e. The van der Waals surface area contributed by atoms with Gasteiger partial charge in [0, 0.05) is 23.2 Å². The number of nitrogens with zero attached hydrogens (tertiary/aromatic N) is 1. The quantitative estimate of drug-likeness (QED) is 0.862. The van der Waals surface area contributed by atoms with E-state index in [0.29, 0.717) is 6.54 Å². The van der Waals surface area contributed by atoms with Crippen molar-refractivity contribution in [3.05, 3.63) is 51.7 Å². The summed E-state index contributed by atoms with van der Waals surface area (Å²) in [4.78, 5) is 15.4. The second-order valence-corrected chi connectivity index (χ2v) is 6.00. The first-order chi connectivity index (χ1) is 10.1. The van der Waals surface area contributed by atoms with Gasteiger partial charge in [-0.25, -0.2) is 8.78 Å². The van der Waals surface area contributed by atoms with Gasteiger partial charge in [-0.3, -0.25) is 4.79 Å². The molecule has 3 nitrogen and oxygen atoms in total. The van der Waals surface area contributed by atoms with Crippen LogP contribution in [-0.2, 0) is 0 Å². The number of anilines is 1. The van der Waals surface area contributed by atoms with Crippen molar-refractivity contribution in [1.29, 1.82) is 0 Å². The van der Waals surface area contributed by atoms with Crippen LogP contribution in [0.1, 0.15) is 34.1 Å². The summed E-state index contributed by atoms with van der Waals surface area (Å²) in [5.41, 5.74) is 5.66. The third-order valence-electron chi connectivity index (χ3n) is 3.71. The van der Waals surface area contributed by atoms with Crippen LogP contribution in [-0.4, -0.2) is 17.4 Å². The maximum atomic E-state index is 13.4. The molecule has 0 radical (unpaired) electrons. The molecule has 21 heavy (non-hydrogen) atoms. The lowest BCUT2D eigenvalue weighted by molar-refractivity contribution is 0.0738. The van der Waals surface area contributed by atoms with E-state index in [1.54, 1.807) is 16.2 Å². The average molecular weight is 308 g/mol. The van der Waals surface area contributed by atoms with Crippen LogP contribution in [0.25, 0.3) is 0 Å². The van der Waals surface area contributed by atoms with Gasteiger partial charge in [-0.1, -0.05) is 6.07 Å². The fraction of sp³-hybridized carbons (Fsp3) is 0.267. The lowest BCUT2D eigenvalue weighted by Crippen LogP contribution is -2.31. The fourth-order valence-electron chi connectivity index (χ4n) is 2.69. The van der Waals surface area contributed by atoms with Gasteiger partial charge in [0.25, 0.3) is 5.91 Å². The van der Waals surface area contributed by atoms with Crippen LogP contribution in [0.2, 0.25) is 0 Å². The van der Waals surface area contributed by atoms with E-state index < -0.39 is 11.6 Å². The Labute approximate surface area is 125 Å². The molecule has 1 aliphatic rings. The number of rotatable bonds is 2. The third-order valence-corrected chi connectivity index (χ3v) is 4.68. The Hall–Kier alpha value is -1.95. The Bertz CT molecular complexity index is 673. The van der Waals surface area contributed by atoms with Gasteiger partial charge in [0.05, 0.1) is 11.6 Å². The fourth-order valence-corrected chi connectivity index (χ4v) is 3.56. The summed E-state index contributed by atoms with van der Waals surface area (Å²) in [6.07, 6.45) is 1.76. The Morgan fingerprint density at radius 1 is 1.33 bits per heavy atom. The highest BCUT2D eigenvalue weighted by Gasteiger charge is 2.32. The normalized spacial score (nSPS) is 18.2. The van der Waals surface area contributed by atoms with Crippen LogP contribution in [0.3, 0.4) is 0 Å². The standard InChI is InChI=1S/C15H14F2N2OS/c16-10-7-9(12(18)8-11(10)17)15(20)19-5-1-3-13(19)14-4-2-6-21-14/h2,4,6-8,13H,1,3,5,18H2. The minimum Gasteiger partial charge on any atom is -0.398 e. The molecule has 0 aliphatic carbocycles. The molecule has 2 aromatic rings. The molecule has 1 atom stereocenters. The van der Waals surface area contributed by atoms with E-state index in [9.17, 15) is 13.6 Å². The highest BCUT2D eigenvalue weighted by Crippen LogP contribution is 2.36. The SMILES string of the molecule is Nc1cc(F)c(F)cc1C(=O)N1CCCC1c1cccs1. The van der Waals surface area contributed by atoms with Crippen LogP contribution in [0.15, 0.2) is 29.6 Å². The summed E-state index contributed by atoms with van der Waals surface area (Å²) in [6.45, 7) is 0.597. The number of amides is 1. The highest BCUT2D eigenvalue weighted by molar-refractivity contribution is 7.10. The third kappa shape index (κ3) is 2.51. The number of hydrogen-bond donors (Lipinski definition) is 1. The summed E-state index contributed by atoms with van der Waals surface area (Å²) < 4.78 is 26.5. The van der Waals surface area contributed by atoms with Crippen molar-refractivity contribution < 1.29 is 13.6 Å². The van der Waals surface area contributed by atoms with Gasteiger partial charge in [-0.05, 0) is 30.4 Å². The molecule has 0 saturated carbocycles. The molecule has 0 spiro atoms. The lowest BCUT2D eigenvalue weighted by atomic mass is 10.1. The van der Waals surface area contributed by atoms with E-state index >= 15 is 0 Å². The number of hydrogen-bond acceptors (Lipinski definition) is 3. The van der Waals surface area contributed by atoms with E-state index in [1.165, 1.54) is 0 Å². The Morgan fingerprint density at radius 3 is 2.81 bits per heavy atom. The number of benzene rings is 1. The molecule has 6 heteroatoms. The number of carbonyl (C=O) groups excluding carboxylic acids is 1. The number of thiophene rings is 1. The molecule has 3 rings (SSSR count). The summed E-state index contributed by atoms with van der Waals surface area (Å²) >= 11 is 1.59. The van der Waals surface area contributed by atoms with Crippen LogP contribution in [0.4, 0.5) is 14.5 Å². The van der Waals surface area contributed by atoms with Gasteiger partial charge < -0.3 is 10.6 Å². The monoisotopic (exact) mass is 308 g/mol. The largest absolute Gasteiger partial charge is 0.398 e. The molecular formula is C15H14F2N2OS. The van der Waals surface area contributed by atoms with Crippen molar-refractivity contribution in [2.75, 3.05) is 12.3 Å². The number of carbonyl (C=O) groups is 1. The highest BCUT2D eigenvalue weighted by atomic mass is 32.1. The van der Waals surface area contributed by atoms with E-state index in [1.807, 2.05) is 17.5 Å². The second kappa shape index (κ2) is 5.44. The van der Waals surface area contributed by atoms with E-state index in [-0.39, 0.29) is 23.2 Å². The zero-order chi connectivity index (χ0) is 15.0. The van der Waals surface area contributed by atoms with E-state index in [4.69, 9.17) is 5.73 Å². The van der Waals surface area contributed by atoms with Crippen molar-refractivity contribution in [3.8, 4) is 0 Å². The number of nitrogen functional groups attached to an aromatic ring is 1. The van der Waals surface area contributed by atoms with Crippen LogP contribution in [0.5, 0.6) is 0 Å². The molecule has 1 unspecified atom stereocenters. The van der Waals surface area contributed by atoms with E-state index in [0.717, 1.165) is 29.9 Å². The first-order valence-corrected chi connectivity index (χ1v) is 7.55. The molecule has 0 bridgehead atoms. The molecule has 2 N–H and O–H groups in total. The average Bonchev–Trinajstić information content (AvgIpc) is 3.11. The lowest BCUT2D eigenvalue weighted by Gasteiger charge is -2.24. The zero-order valence-corrected chi connectivity index (χ0v) is 12.0. The Balaban J connectivity index is 1.93. The summed E-state index contributed by atoms with van der Waals surface area (Å²) in [5, 5.41) is 1.96. The van der Waals surface area contributed by atoms with Crippen LogP contribution >= 0.6 is 11.3 Å². The summed E-state index contributed by atoms with van der Waals surface area (Å²) in [6, 6.07) is 5.66. The molecule has 1 aliphatic heterocycles. The van der Waals surface area contributed by atoms with Crippen LogP contribution < -0.4 is 5.73 Å². The molecular weight excluding hydrogens is 294 g/mol. The van der Waals surface area contributed by atoms with Crippen molar-refractivity contribution in [3.63, 3.8) is 0 Å². The molecule has 1 amide bonds. The first kappa shape index (κ1) is 14.0. The minimum atomic E-state index is -1.06. The van der Waals surface area contributed by atoms with Gasteiger partial charge in [0.15, 0.2) is 11.6 Å². The van der Waals surface area contributed by atoms with Crippen molar-refractivity contribution in [2.24, 2.45) is 0 Å². The summed E-state index contributed by atoms with van der Waals surface area (Å²) in [7, 11) is 0. The van der Waals surface area contributed by atoms with Gasteiger partial charge in [0.2, 0.25) is 0 Å². The first-order valence-electron chi connectivity index (χ1n) is 6.67. The molecule has 1 aromatic heterocycles.